The lowest BCUT2D eigenvalue weighted by molar-refractivity contribution is 2.06. The first-order valence-electron chi connectivity index (χ1n) is 6.32. The summed E-state index contributed by atoms with van der Waals surface area (Å²) in [6, 6.07) is 0. The van der Waals surface area contributed by atoms with E-state index < -0.39 is 0 Å². The van der Waals surface area contributed by atoms with Gasteiger partial charge in [0.2, 0.25) is 10.3 Å². The maximum absolute atomic E-state index is 5.73. The maximum atomic E-state index is 5.73. The Morgan fingerprint density at radius 1 is 0.370 bits per heavy atom. The molecule has 0 unspecified atom stereocenters. The van der Waals surface area contributed by atoms with Crippen molar-refractivity contribution in [1.29, 1.82) is 0 Å². The Morgan fingerprint density at radius 3 is 0.704 bits per heavy atom. The van der Waals surface area contributed by atoms with Crippen LogP contribution >= 0.6 is 140 Å². The number of nitrogens with two attached hydrogens (primary N) is 8. The van der Waals surface area contributed by atoms with Gasteiger partial charge in [-0.25, -0.2) is 45.9 Å². The first-order valence-corrected chi connectivity index (χ1v) is 17.6. The molecule has 0 bridgehead atoms. The van der Waals surface area contributed by atoms with E-state index in [2.05, 4.69) is 7.06 Å². The lowest BCUT2D eigenvalue weighted by Crippen LogP contribution is -2.35. The van der Waals surface area contributed by atoms with Crippen LogP contribution in [-0.4, -0.2) is 35.6 Å². The zero-order valence-corrected chi connectivity index (χ0v) is 23.4. The molecule has 0 saturated heterocycles. The molecular formula is H16B7N8S12. The van der Waals surface area contributed by atoms with E-state index >= 15 is 0 Å². The fraction of sp³-hybridized carbons (Fsp3) is 0. The largest absolute Gasteiger partial charge is 0.362 e. The highest BCUT2D eigenvalue weighted by molar-refractivity contribution is 9.00. The molecule has 27 heteroatoms. The van der Waals surface area contributed by atoms with E-state index in [0.717, 1.165) is 0 Å². The lowest BCUT2D eigenvalue weighted by atomic mass is 9.35. The summed E-state index contributed by atoms with van der Waals surface area (Å²) in [4.78, 5) is 0. The van der Waals surface area contributed by atoms with E-state index in [-0.39, 0.29) is 28.5 Å². The molecule has 16 N–H and O–H groups in total. The van der Waals surface area contributed by atoms with Gasteiger partial charge in [-0.2, -0.15) is 0 Å². The van der Waals surface area contributed by atoms with Crippen LogP contribution < -0.4 is 41.1 Å². The van der Waals surface area contributed by atoms with Crippen molar-refractivity contribution >= 4 is 176 Å². The van der Waals surface area contributed by atoms with Crippen LogP contribution in [0.4, 0.5) is 0 Å². The smallest absolute Gasteiger partial charge is 0.285 e. The third-order valence-corrected chi connectivity index (χ3v) is 15.9. The molecule has 1 radical (unpaired) electrons. The molecule has 0 aliphatic heterocycles. The molecule has 0 amide bonds. The van der Waals surface area contributed by atoms with Gasteiger partial charge in [0, 0.05) is 0 Å². The fourth-order valence-electron chi connectivity index (χ4n) is 1.20. The van der Waals surface area contributed by atoms with Crippen molar-refractivity contribution in [2.75, 3.05) is 0 Å². The van der Waals surface area contributed by atoms with E-state index in [1.54, 1.807) is 45.9 Å². The standard InChI is InChI=1S/B7H16N8S12/c8-20-4(21-9)16-2(17-5(22-10)23-11)1-3(18-6(24-12)25-13)19-7(26-14)27-15/h8-15H2. The molecule has 27 heavy (non-hydrogen) atoms. The van der Waals surface area contributed by atoms with E-state index in [0.29, 0.717) is 0 Å². The normalized spacial score (nSPS) is 10.5. The summed E-state index contributed by atoms with van der Waals surface area (Å²) < 4.78 is -0.138. The minimum atomic E-state index is -0.0345. The van der Waals surface area contributed by atoms with E-state index in [4.69, 9.17) is 41.1 Å². The summed E-state index contributed by atoms with van der Waals surface area (Å²) in [5, 5.41) is 45.9. The van der Waals surface area contributed by atoms with Gasteiger partial charge >= 0.3 is 18.2 Å². The van der Waals surface area contributed by atoms with Gasteiger partial charge in [0.05, 0.1) is 7.06 Å². The molecule has 0 aromatic carbocycles. The number of hydrogen-bond acceptors (Lipinski definition) is 20. The minimum absolute atomic E-state index is 0.0293. The molecule has 149 valence electrons. The maximum Gasteiger partial charge on any atom is 0.362 e. The van der Waals surface area contributed by atoms with Crippen molar-refractivity contribution < 1.29 is 0 Å². The molecule has 0 heterocycles. The predicted octanol–water partition coefficient (Wildman–Crippen LogP) is 0.388. The van der Waals surface area contributed by atoms with Crippen molar-refractivity contribution in [3.8, 4) is 0 Å². The fourth-order valence-corrected chi connectivity index (χ4v) is 12.9. The quantitative estimate of drug-likeness (QED) is 0.0804. The third-order valence-electron chi connectivity index (χ3n) is 2.18. The van der Waals surface area contributed by atoms with Crippen LogP contribution in [0.15, 0.2) is 0 Å². The van der Waals surface area contributed by atoms with E-state index in [1.807, 2.05) is 0 Å². The molecule has 0 aromatic rings. The monoisotopic (exact) mass is 589 g/mol. The molecule has 0 saturated carbocycles. The molecule has 0 aliphatic rings. The van der Waals surface area contributed by atoms with Crippen molar-refractivity contribution in [1.82, 2.24) is 0 Å². The van der Waals surface area contributed by atoms with Crippen LogP contribution in [0.1, 0.15) is 0 Å². The molecule has 0 rings (SSSR count). The second-order valence-corrected chi connectivity index (χ2v) is 18.8. The van der Waals surface area contributed by atoms with Crippen LogP contribution in [0.5, 0.6) is 0 Å². The highest BCUT2D eigenvalue weighted by Gasteiger charge is 2.36. The van der Waals surface area contributed by atoms with E-state index in [9.17, 15) is 0 Å². The van der Waals surface area contributed by atoms with Crippen molar-refractivity contribution in [3.05, 3.63) is 0 Å². The average Bonchev–Trinajstić information content (AvgIpc) is 2.71. The number of rotatable bonds is 18. The predicted molar refractivity (Wildman–Crippen MR) is 165 cm³/mol. The Bertz CT molecular complexity index is 275. The number of hydrogen-bond donors (Lipinski definition) is 8. The Balaban J connectivity index is 5.24. The van der Waals surface area contributed by atoms with Gasteiger partial charge in [-0.3, -0.25) is 41.1 Å². The van der Waals surface area contributed by atoms with Crippen LogP contribution in [0.3, 0.4) is 0 Å². The second-order valence-electron chi connectivity index (χ2n) is 3.72. The molecular weight excluding hydrogens is 573 g/mol. The highest BCUT2D eigenvalue weighted by atomic mass is 32.3. The Kier molecular flexibility index (Phi) is 24.3. The molecule has 0 fully saturated rings. The summed E-state index contributed by atoms with van der Waals surface area (Å²) >= 11 is 16.1. The lowest BCUT2D eigenvalue weighted by Gasteiger charge is -2.23. The van der Waals surface area contributed by atoms with Gasteiger partial charge in [0.1, 0.15) is 0 Å². The summed E-state index contributed by atoms with van der Waals surface area (Å²) in [5.41, 5.74) is 0. The minimum Gasteiger partial charge on any atom is -0.285 e. The molecule has 0 aromatic heterocycles. The van der Waals surface area contributed by atoms with Crippen LogP contribution in [0.2, 0.25) is 0 Å². The van der Waals surface area contributed by atoms with Gasteiger partial charge in [0.15, 0.2) is 0 Å². The van der Waals surface area contributed by atoms with E-state index in [1.165, 1.54) is 94.4 Å². The van der Waals surface area contributed by atoms with Gasteiger partial charge < -0.3 is 0 Å². The van der Waals surface area contributed by atoms with Gasteiger partial charge in [0.25, 0.3) is 0 Å². The van der Waals surface area contributed by atoms with Crippen LogP contribution in [0.25, 0.3) is 0 Å². The van der Waals surface area contributed by atoms with Crippen molar-refractivity contribution in [2.24, 2.45) is 41.1 Å². The zero-order valence-electron chi connectivity index (χ0n) is 13.6. The third kappa shape index (κ3) is 15.0. The second kappa shape index (κ2) is 20.9. The average molecular weight is 589 g/mol. The van der Waals surface area contributed by atoms with Crippen LogP contribution in [-0.2, 0) is 0 Å². The first kappa shape index (κ1) is 31.3. The highest BCUT2D eigenvalue weighted by Crippen LogP contribution is 2.39. The Hall–Kier alpha value is 4.33. The summed E-state index contributed by atoms with van der Waals surface area (Å²) in [7, 11) is 2.18. The molecule has 8 nitrogen and oxygen atoms in total. The molecule has 0 aliphatic carbocycles. The van der Waals surface area contributed by atoms with Crippen molar-refractivity contribution in [2.45, 2.75) is 0 Å². The summed E-state index contributed by atoms with van der Waals surface area (Å²) in [6.07, 6.45) is 0. The van der Waals surface area contributed by atoms with Gasteiger partial charge in [-0.1, -0.05) is 0 Å². The Morgan fingerprint density at radius 2 is 0.556 bits per heavy atom. The summed E-state index contributed by atoms with van der Waals surface area (Å²) in [6.45, 7) is 0. The molecule has 0 atom stereocenters. The van der Waals surface area contributed by atoms with Gasteiger partial charge in [-0.05, 0) is 0 Å². The Labute approximate surface area is 214 Å². The summed E-state index contributed by atoms with van der Waals surface area (Å²) in [5.74, 6) is 0. The van der Waals surface area contributed by atoms with Crippen LogP contribution in [0, 0.1) is 0 Å². The van der Waals surface area contributed by atoms with Crippen molar-refractivity contribution in [3.63, 3.8) is 0 Å². The zero-order chi connectivity index (χ0) is 20.7. The first-order chi connectivity index (χ1) is 13.0. The SMILES string of the molecule is NSB(SN)SB([B]B(SB(SN)SN)SB(SN)SN)SB(SN)SN. The topological polar surface area (TPSA) is 208 Å². The van der Waals surface area contributed by atoms with Gasteiger partial charge in [-0.15, -0.1) is 94.4 Å². The molecule has 0 spiro atoms.